The minimum absolute atomic E-state index is 0.346. The molecule has 1 atom stereocenters. The van der Waals surface area contributed by atoms with Crippen LogP contribution in [0, 0.1) is 26.7 Å². The normalized spacial score (nSPS) is 17.2. The van der Waals surface area contributed by atoms with Crippen LogP contribution in [0.4, 0.5) is 0 Å². The molecule has 1 aromatic heterocycles. The summed E-state index contributed by atoms with van der Waals surface area (Å²) < 4.78 is 8.08. The molecule has 5 nitrogen and oxygen atoms in total. The van der Waals surface area contributed by atoms with Gasteiger partial charge in [0.25, 0.3) is 0 Å². The van der Waals surface area contributed by atoms with Crippen LogP contribution in [-0.2, 0) is 13.5 Å². The summed E-state index contributed by atoms with van der Waals surface area (Å²) in [6.45, 7) is 9.32. The number of piperidine rings is 1. The number of benzene rings is 1. The number of β-amino-alcohol motifs (C(OH)–C–C–N with tert-alkyl or cyclic N) is 1. The molecule has 1 aliphatic heterocycles. The molecule has 2 aromatic rings. The second-order valence-electron chi connectivity index (χ2n) is 8.02. The molecule has 3 rings (SSSR count). The smallest absolute Gasteiger partial charge is 0.125 e. The lowest BCUT2D eigenvalue weighted by Crippen LogP contribution is -2.41. The van der Waals surface area contributed by atoms with Gasteiger partial charge in [0.05, 0.1) is 0 Å². The molecule has 1 saturated heterocycles. The number of aromatic nitrogens is 2. The molecule has 0 bridgehead atoms. The Bertz CT molecular complexity index is 748. The number of likely N-dealkylation sites (tertiary alicyclic amines) is 1. The molecule has 1 aliphatic rings. The fourth-order valence-corrected chi connectivity index (χ4v) is 3.90. The van der Waals surface area contributed by atoms with Gasteiger partial charge in [-0.3, -0.25) is 0 Å². The zero-order chi connectivity index (χ0) is 19.4. The number of hydrogen-bond acceptors (Lipinski definition) is 4. The number of aliphatic hydroxyl groups excluding tert-OH is 1. The van der Waals surface area contributed by atoms with Gasteiger partial charge in [0, 0.05) is 32.4 Å². The predicted octanol–water partition coefficient (Wildman–Crippen LogP) is 3.04. The maximum absolute atomic E-state index is 10.4. The average Bonchev–Trinajstić information content (AvgIpc) is 3.05. The minimum atomic E-state index is -0.463. The number of ether oxygens (including phenoxy) is 1. The Morgan fingerprint density at radius 2 is 1.89 bits per heavy atom. The molecular formula is C22H33N3O2. The summed E-state index contributed by atoms with van der Waals surface area (Å²) >= 11 is 0. The van der Waals surface area contributed by atoms with Gasteiger partial charge in [0.15, 0.2) is 0 Å². The first-order valence-electron chi connectivity index (χ1n) is 10.00. The van der Waals surface area contributed by atoms with E-state index in [1.54, 1.807) is 0 Å². The molecule has 148 valence electrons. The standard InChI is InChI=1S/C22H33N3O2/c1-16-5-6-17(2)22(18(16)3)27-15-20(26)14-25-10-7-19(8-11-25)13-21-23-9-12-24(21)4/h5-6,9,12,19-20,26H,7-8,10-11,13-15H2,1-4H3/t20-/m0/s1. The lowest BCUT2D eigenvalue weighted by atomic mass is 9.93. The molecule has 0 aliphatic carbocycles. The molecule has 27 heavy (non-hydrogen) atoms. The highest BCUT2D eigenvalue weighted by molar-refractivity contribution is 5.44. The molecule has 1 fully saturated rings. The summed E-state index contributed by atoms with van der Waals surface area (Å²) in [5.74, 6) is 2.78. The zero-order valence-corrected chi connectivity index (χ0v) is 17.1. The maximum atomic E-state index is 10.4. The fourth-order valence-electron chi connectivity index (χ4n) is 3.90. The molecule has 0 amide bonds. The summed E-state index contributed by atoms with van der Waals surface area (Å²) in [6, 6.07) is 4.19. The Morgan fingerprint density at radius 1 is 1.19 bits per heavy atom. The molecule has 0 saturated carbocycles. The van der Waals surface area contributed by atoms with E-state index in [0.717, 1.165) is 49.2 Å². The van der Waals surface area contributed by atoms with E-state index < -0.39 is 6.10 Å². The minimum Gasteiger partial charge on any atom is -0.490 e. The Morgan fingerprint density at radius 3 is 2.56 bits per heavy atom. The molecular weight excluding hydrogens is 338 g/mol. The highest BCUT2D eigenvalue weighted by atomic mass is 16.5. The molecule has 1 N–H and O–H groups in total. The van der Waals surface area contributed by atoms with Crippen LogP contribution in [0.3, 0.4) is 0 Å². The van der Waals surface area contributed by atoms with Gasteiger partial charge in [-0.15, -0.1) is 0 Å². The second-order valence-corrected chi connectivity index (χ2v) is 8.02. The summed E-state index contributed by atoms with van der Waals surface area (Å²) in [4.78, 5) is 6.80. The molecule has 5 heteroatoms. The molecule has 1 aromatic carbocycles. The van der Waals surface area contributed by atoms with Gasteiger partial charge in [-0.25, -0.2) is 4.98 Å². The van der Waals surface area contributed by atoms with Crippen molar-refractivity contribution in [3.05, 3.63) is 47.0 Å². The van der Waals surface area contributed by atoms with Crippen LogP contribution in [0.15, 0.2) is 24.5 Å². The lowest BCUT2D eigenvalue weighted by molar-refractivity contribution is 0.0545. The largest absolute Gasteiger partial charge is 0.490 e. The van der Waals surface area contributed by atoms with Crippen molar-refractivity contribution in [3.8, 4) is 5.75 Å². The van der Waals surface area contributed by atoms with Gasteiger partial charge in [-0.2, -0.15) is 0 Å². The Kier molecular flexibility index (Phi) is 6.55. The van der Waals surface area contributed by atoms with Gasteiger partial charge in [0.2, 0.25) is 0 Å². The quantitative estimate of drug-likeness (QED) is 0.813. The number of aliphatic hydroxyl groups is 1. The van der Waals surface area contributed by atoms with Crippen LogP contribution in [0.1, 0.15) is 35.4 Å². The monoisotopic (exact) mass is 371 g/mol. The van der Waals surface area contributed by atoms with Crippen LogP contribution in [0.5, 0.6) is 5.75 Å². The summed E-state index contributed by atoms with van der Waals surface area (Å²) in [5, 5.41) is 10.4. The van der Waals surface area contributed by atoms with Gasteiger partial charge >= 0.3 is 0 Å². The van der Waals surface area contributed by atoms with Gasteiger partial charge in [-0.05, 0) is 69.3 Å². The van der Waals surface area contributed by atoms with Crippen molar-refractivity contribution in [2.24, 2.45) is 13.0 Å². The van der Waals surface area contributed by atoms with E-state index in [9.17, 15) is 5.11 Å². The highest BCUT2D eigenvalue weighted by Crippen LogP contribution is 2.26. The fraction of sp³-hybridized carbons (Fsp3) is 0.591. The van der Waals surface area contributed by atoms with Crippen molar-refractivity contribution < 1.29 is 9.84 Å². The molecule has 0 radical (unpaired) electrons. The van der Waals surface area contributed by atoms with Gasteiger partial charge in [0.1, 0.15) is 24.3 Å². The third-order valence-electron chi connectivity index (χ3n) is 5.86. The topological polar surface area (TPSA) is 50.5 Å². The van der Waals surface area contributed by atoms with Gasteiger partial charge in [-0.1, -0.05) is 12.1 Å². The first kappa shape index (κ1) is 19.9. The van der Waals surface area contributed by atoms with E-state index in [4.69, 9.17) is 4.74 Å². The maximum Gasteiger partial charge on any atom is 0.125 e. The average molecular weight is 372 g/mol. The Labute approximate surface area is 163 Å². The number of aryl methyl sites for hydroxylation is 3. The first-order chi connectivity index (χ1) is 12.9. The first-order valence-corrected chi connectivity index (χ1v) is 10.00. The third-order valence-corrected chi connectivity index (χ3v) is 5.86. The van der Waals surface area contributed by atoms with Crippen molar-refractivity contribution in [1.82, 2.24) is 14.5 Å². The summed E-state index contributed by atoms with van der Waals surface area (Å²) in [7, 11) is 2.06. The van der Waals surface area contributed by atoms with Crippen molar-refractivity contribution in [1.29, 1.82) is 0 Å². The van der Waals surface area contributed by atoms with Crippen LogP contribution < -0.4 is 4.74 Å². The molecule has 0 spiro atoms. The number of nitrogens with zero attached hydrogens (tertiary/aromatic N) is 3. The van der Waals surface area contributed by atoms with E-state index in [-0.39, 0.29) is 0 Å². The third kappa shape index (κ3) is 5.11. The van der Waals surface area contributed by atoms with Crippen molar-refractivity contribution >= 4 is 0 Å². The number of imidazole rings is 1. The van der Waals surface area contributed by atoms with E-state index >= 15 is 0 Å². The Hall–Kier alpha value is -1.85. The van der Waals surface area contributed by atoms with E-state index in [1.807, 2.05) is 12.4 Å². The van der Waals surface area contributed by atoms with E-state index in [1.165, 1.54) is 11.4 Å². The summed E-state index contributed by atoms with van der Waals surface area (Å²) in [5.41, 5.74) is 3.51. The predicted molar refractivity (Wildman–Crippen MR) is 108 cm³/mol. The SMILES string of the molecule is Cc1ccc(C)c(OC[C@@H](O)CN2CCC(Cc3nccn3C)CC2)c1C. The van der Waals surface area contributed by atoms with E-state index in [2.05, 4.69) is 54.4 Å². The van der Waals surface area contributed by atoms with Crippen molar-refractivity contribution in [3.63, 3.8) is 0 Å². The molecule has 0 unspecified atom stereocenters. The van der Waals surface area contributed by atoms with Crippen LogP contribution >= 0.6 is 0 Å². The number of hydrogen-bond donors (Lipinski definition) is 1. The van der Waals surface area contributed by atoms with Crippen LogP contribution in [-0.4, -0.2) is 51.9 Å². The second kappa shape index (κ2) is 8.89. The van der Waals surface area contributed by atoms with Crippen molar-refractivity contribution in [2.45, 2.75) is 46.1 Å². The summed E-state index contributed by atoms with van der Waals surface area (Å²) in [6.07, 6.45) is 6.80. The van der Waals surface area contributed by atoms with Crippen LogP contribution in [0.2, 0.25) is 0 Å². The Balaban J connectivity index is 1.43. The highest BCUT2D eigenvalue weighted by Gasteiger charge is 2.22. The lowest BCUT2D eigenvalue weighted by Gasteiger charge is -2.33. The molecule has 2 heterocycles. The van der Waals surface area contributed by atoms with Gasteiger partial charge < -0.3 is 19.3 Å². The van der Waals surface area contributed by atoms with E-state index in [0.29, 0.717) is 19.1 Å². The van der Waals surface area contributed by atoms with Crippen molar-refractivity contribution in [2.75, 3.05) is 26.2 Å². The van der Waals surface area contributed by atoms with Crippen LogP contribution in [0.25, 0.3) is 0 Å². The zero-order valence-electron chi connectivity index (χ0n) is 17.1. The number of rotatable bonds is 7.